The molecule has 0 aromatic heterocycles. The minimum Gasteiger partial charge on any atom is -0.459 e. The molecule has 17 heavy (non-hydrogen) atoms. The molecule has 3 rings (SSSR count). The summed E-state index contributed by atoms with van der Waals surface area (Å²) < 4.78 is 11.5. The summed E-state index contributed by atoms with van der Waals surface area (Å²) in [5.74, 6) is -0.142. The van der Waals surface area contributed by atoms with Crippen molar-refractivity contribution >= 4 is 5.97 Å². The fourth-order valence-electron chi connectivity index (χ4n) is 3.14. The van der Waals surface area contributed by atoms with Crippen LogP contribution in [0.2, 0.25) is 0 Å². The van der Waals surface area contributed by atoms with Gasteiger partial charge in [-0.1, -0.05) is 0 Å². The van der Waals surface area contributed by atoms with Gasteiger partial charge in [-0.25, -0.2) is 0 Å². The van der Waals surface area contributed by atoms with Gasteiger partial charge in [0.15, 0.2) is 0 Å². The Balaban J connectivity index is 2.20. The number of nitrogens with two attached hydrogens (primary N) is 1. The number of rotatable bonds is 2. The minimum atomic E-state index is -0.500. The first-order valence-corrected chi connectivity index (χ1v) is 6.20. The average Bonchev–Trinajstić information content (AvgIpc) is 2.42. The number of ether oxygens (including phenoxy) is 2. The van der Waals surface area contributed by atoms with E-state index in [1.165, 1.54) is 0 Å². The predicted molar refractivity (Wildman–Crippen MR) is 64.5 cm³/mol. The van der Waals surface area contributed by atoms with E-state index in [-0.39, 0.29) is 11.6 Å². The zero-order valence-electron chi connectivity index (χ0n) is 11.4. The van der Waals surface area contributed by atoms with Crippen molar-refractivity contribution < 1.29 is 14.3 Å². The highest BCUT2D eigenvalue weighted by molar-refractivity contribution is 5.81. The third-order valence-electron chi connectivity index (χ3n) is 4.03. The maximum Gasteiger partial charge on any atom is 0.315 e. The van der Waals surface area contributed by atoms with Crippen molar-refractivity contribution in [3.63, 3.8) is 0 Å². The topological polar surface area (TPSA) is 61.5 Å². The smallest absolute Gasteiger partial charge is 0.315 e. The van der Waals surface area contributed by atoms with Crippen molar-refractivity contribution in [2.75, 3.05) is 6.54 Å². The maximum atomic E-state index is 12.4. The van der Waals surface area contributed by atoms with Gasteiger partial charge in [0.1, 0.15) is 11.0 Å². The van der Waals surface area contributed by atoms with Crippen LogP contribution in [-0.2, 0) is 14.3 Å². The molecular weight excluding hydrogens is 218 g/mol. The highest BCUT2D eigenvalue weighted by Gasteiger charge is 2.75. The van der Waals surface area contributed by atoms with E-state index in [0.717, 1.165) is 0 Å². The highest BCUT2D eigenvalue weighted by Crippen LogP contribution is 2.66. The highest BCUT2D eigenvalue weighted by atomic mass is 16.6. The van der Waals surface area contributed by atoms with Crippen LogP contribution in [0.5, 0.6) is 0 Å². The molecule has 0 atom stereocenters. The largest absolute Gasteiger partial charge is 0.459 e. The zero-order chi connectivity index (χ0) is 13.1. The van der Waals surface area contributed by atoms with Gasteiger partial charge >= 0.3 is 5.97 Å². The molecule has 0 radical (unpaired) electrons. The van der Waals surface area contributed by atoms with E-state index in [0.29, 0.717) is 19.4 Å². The van der Waals surface area contributed by atoms with Crippen LogP contribution in [0.25, 0.3) is 0 Å². The molecule has 2 N–H and O–H groups in total. The number of esters is 1. The van der Waals surface area contributed by atoms with Crippen LogP contribution in [0, 0.1) is 5.41 Å². The summed E-state index contributed by atoms with van der Waals surface area (Å²) in [5.41, 5.74) is 4.01. The summed E-state index contributed by atoms with van der Waals surface area (Å²) in [7, 11) is 0. The summed E-state index contributed by atoms with van der Waals surface area (Å²) in [6.45, 7) is 10.1. The zero-order valence-corrected chi connectivity index (χ0v) is 11.4. The molecule has 1 saturated carbocycles. The van der Waals surface area contributed by atoms with Crippen molar-refractivity contribution in [2.24, 2.45) is 11.1 Å². The summed E-state index contributed by atoms with van der Waals surface area (Å²) in [5, 5.41) is 0. The summed E-state index contributed by atoms with van der Waals surface area (Å²) in [6.07, 6.45) is 1.39. The van der Waals surface area contributed by atoms with Crippen molar-refractivity contribution in [2.45, 2.75) is 64.3 Å². The Kier molecular flexibility index (Phi) is 2.44. The number of carbonyl (C=O) groups excluding carboxylic acids is 1. The first kappa shape index (κ1) is 12.8. The molecule has 1 aliphatic carbocycles. The molecule has 2 bridgehead atoms. The van der Waals surface area contributed by atoms with E-state index < -0.39 is 16.6 Å². The first-order chi connectivity index (χ1) is 7.56. The SMILES string of the molecule is CC(C)(C)OC(=O)C12CC(CN)(C1)OC2(C)C. The lowest BCUT2D eigenvalue weighted by molar-refractivity contribution is -0.176. The van der Waals surface area contributed by atoms with E-state index in [4.69, 9.17) is 15.2 Å². The van der Waals surface area contributed by atoms with Crippen molar-refractivity contribution in [3.05, 3.63) is 0 Å². The third-order valence-corrected chi connectivity index (χ3v) is 4.03. The Morgan fingerprint density at radius 2 is 1.88 bits per heavy atom. The molecule has 0 aromatic rings. The molecule has 3 fully saturated rings. The van der Waals surface area contributed by atoms with Crippen molar-refractivity contribution in [1.82, 2.24) is 0 Å². The molecule has 2 heterocycles. The van der Waals surface area contributed by atoms with Gasteiger partial charge < -0.3 is 15.2 Å². The maximum absolute atomic E-state index is 12.4. The molecule has 3 aliphatic rings. The van der Waals surface area contributed by atoms with Gasteiger partial charge in [-0.3, -0.25) is 4.79 Å². The van der Waals surface area contributed by atoms with Gasteiger partial charge in [-0.2, -0.15) is 0 Å². The molecule has 0 unspecified atom stereocenters. The lowest BCUT2D eigenvalue weighted by atomic mass is 9.56. The predicted octanol–water partition coefficient (Wildman–Crippen LogP) is 1.61. The second kappa shape index (κ2) is 3.23. The Hall–Kier alpha value is -0.610. The summed E-state index contributed by atoms with van der Waals surface area (Å²) >= 11 is 0. The second-order valence-corrected chi connectivity index (χ2v) is 6.94. The monoisotopic (exact) mass is 241 g/mol. The van der Waals surface area contributed by atoms with Gasteiger partial charge in [-0.15, -0.1) is 0 Å². The Bertz CT molecular complexity index is 348. The molecule has 0 aromatic carbocycles. The standard InChI is InChI=1S/C13H23NO3/c1-10(2,3)16-9(15)13-6-12(7-13,8-14)17-11(13,4)5/h6-8,14H2,1-5H3. The van der Waals surface area contributed by atoms with Crippen LogP contribution >= 0.6 is 0 Å². The van der Waals surface area contributed by atoms with Crippen LogP contribution in [0.1, 0.15) is 47.5 Å². The van der Waals surface area contributed by atoms with Crippen LogP contribution in [0.3, 0.4) is 0 Å². The van der Waals surface area contributed by atoms with E-state index >= 15 is 0 Å². The molecular formula is C13H23NO3. The molecule has 0 spiro atoms. The lowest BCUT2D eigenvalue weighted by Crippen LogP contribution is -2.56. The van der Waals surface area contributed by atoms with Gasteiger partial charge in [0, 0.05) is 6.54 Å². The van der Waals surface area contributed by atoms with Gasteiger partial charge in [0.25, 0.3) is 0 Å². The third kappa shape index (κ3) is 1.69. The van der Waals surface area contributed by atoms with Crippen molar-refractivity contribution in [1.29, 1.82) is 0 Å². The molecule has 2 aliphatic heterocycles. The van der Waals surface area contributed by atoms with Crippen LogP contribution in [-0.4, -0.2) is 29.3 Å². The second-order valence-electron chi connectivity index (χ2n) is 6.94. The fourth-order valence-corrected chi connectivity index (χ4v) is 3.14. The number of carbonyl (C=O) groups is 1. The van der Waals surface area contributed by atoms with Gasteiger partial charge in [-0.05, 0) is 47.5 Å². The molecule has 2 saturated heterocycles. The minimum absolute atomic E-state index is 0.142. The Morgan fingerprint density at radius 1 is 1.35 bits per heavy atom. The summed E-state index contributed by atoms with van der Waals surface area (Å²) in [4.78, 5) is 12.4. The molecule has 98 valence electrons. The number of hydrogen-bond acceptors (Lipinski definition) is 4. The van der Waals surface area contributed by atoms with Crippen LogP contribution in [0.15, 0.2) is 0 Å². The molecule has 0 amide bonds. The van der Waals surface area contributed by atoms with E-state index in [1.807, 2.05) is 34.6 Å². The number of fused-ring (bicyclic) bond motifs is 1. The van der Waals surface area contributed by atoms with Crippen LogP contribution in [0.4, 0.5) is 0 Å². The Morgan fingerprint density at radius 3 is 2.24 bits per heavy atom. The van der Waals surface area contributed by atoms with E-state index in [1.54, 1.807) is 0 Å². The molecule has 4 nitrogen and oxygen atoms in total. The Labute approximate surface area is 103 Å². The number of hydrogen-bond donors (Lipinski definition) is 1. The van der Waals surface area contributed by atoms with Gasteiger partial charge in [0.2, 0.25) is 0 Å². The van der Waals surface area contributed by atoms with Crippen LogP contribution < -0.4 is 5.73 Å². The quantitative estimate of drug-likeness (QED) is 0.746. The first-order valence-electron chi connectivity index (χ1n) is 6.20. The average molecular weight is 241 g/mol. The normalized spacial score (nSPS) is 38.7. The van der Waals surface area contributed by atoms with Crippen molar-refractivity contribution in [3.8, 4) is 0 Å². The molecule has 4 heteroatoms. The fraction of sp³-hybridized carbons (Fsp3) is 0.923. The summed E-state index contributed by atoms with van der Waals surface area (Å²) in [6, 6.07) is 0. The van der Waals surface area contributed by atoms with Gasteiger partial charge in [0.05, 0.1) is 11.2 Å². The van der Waals surface area contributed by atoms with E-state index in [9.17, 15) is 4.79 Å². The lowest BCUT2D eigenvalue weighted by Gasteiger charge is -2.45. The van der Waals surface area contributed by atoms with E-state index in [2.05, 4.69) is 0 Å².